The number of hydrogen-bond acceptors (Lipinski definition) is 4. The van der Waals surface area contributed by atoms with Crippen molar-refractivity contribution < 1.29 is 14.3 Å². The van der Waals surface area contributed by atoms with E-state index in [1.54, 1.807) is 4.90 Å². The highest BCUT2D eigenvalue weighted by Crippen LogP contribution is 2.31. The Hall–Kier alpha value is -2.08. The van der Waals surface area contributed by atoms with E-state index in [1.807, 2.05) is 36.1 Å². The Labute approximate surface area is 130 Å². The molecule has 2 amide bonds. The number of benzene rings is 1. The summed E-state index contributed by atoms with van der Waals surface area (Å²) >= 11 is 0. The van der Waals surface area contributed by atoms with Crippen molar-refractivity contribution >= 4 is 17.5 Å². The minimum absolute atomic E-state index is 0.0369. The third-order valence-corrected chi connectivity index (χ3v) is 4.18. The van der Waals surface area contributed by atoms with Crippen LogP contribution in [0.4, 0.5) is 5.69 Å². The number of piperazine rings is 1. The quantitative estimate of drug-likeness (QED) is 0.889. The van der Waals surface area contributed by atoms with Crippen LogP contribution in [0.2, 0.25) is 0 Å². The molecule has 22 heavy (non-hydrogen) atoms. The van der Waals surface area contributed by atoms with E-state index in [2.05, 4.69) is 5.32 Å². The van der Waals surface area contributed by atoms with Crippen LogP contribution in [0.25, 0.3) is 0 Å². The van der Waals surface area contributed by atoms with E-state index in [1.165, 1.54) is 0 Å². The van der Waals surface area contributed by atoms with Crippen molar-refractivity contribution in [1.82, 2.24) is 10.2 Å². The number of hydrogen-bond donors (Lipinski definition) is 1. The number of nitrogens with zero attached hydrogens (tertiary/aromatic N) is 2. The van der Waals surface area contributed by atoms with Crippen molar-refractivity contribution in [3.63, 3.8) is 0 Å². The molecule has 3 rings (SSSR count). The first kappa shape index (κ1) is 14.8. The lowest BCUT2D eigenvalue weighted by molar-refractivity contribution is -0.133. The van der Waals surface area contributed by atoms with Crippen molar-refractivity contribution in [3.05, 3.63) is 24.3 Å². The molecule has 2 heterocycles. The molecule has 2 aliphatic rings. The number of rotatable bonds is 3. The van der Waals surface area contributed by atoms with E-state index in [0.717, 1.165) is 25.3 Å². The Morgan fingerprint density at radius 1 is 1.41 bits per heavy atom. The van der Waals surface area contributed by atoms with Gasteiger partial charge < -0.3 is 19.9 Å². The van der Waals surface area contributed by atoms with E-state index in [9.17, 15) is 9.59 Å². The van der Waals surface area contributed by atoms with Crippen molar-refractivity contribution in [1.29, 1.82) is 0 Å². The fourth-order valence-electron chi connectivity index (χ4n) is 2.96. The molecule has 6 heteroatoms. The van der Waals surface area contributed by atoms with Crippen LogP contribution in [0.5, 0.6) is 5.75 Å². The number of carbonyl (C=O) groups excluding carboxylic acids is 2. The highest BCUT2D eigenvalue weighted by atomic mass is 16.5. The van der Waals surface area contributed by atoms with Gasteiger partial charge in [0.2, 0.25) is 5.91 Å². The first-order valence-corrected chi connectivity index (χ1v) is 7.69. The molecule has 1 atom stereocenters. The van der Waals surface area contributed by atoms with Gasteiger partial charge in [0.1, 0.15) is 5.75 Å². The molecule has 0 spiro atoms. The molecular formula is C16H21N3O3. The second kappa shape index (κ2) is 6.36. The number of nitrogens with one attached hydrogen (secondary N) is 1. The maximum absolute atomic E-state index is 12.4. The molecule has 1 aromatic rings. The second-order valence-electron chi connectivity index (χ2n) is 5.69. The van der Waals surface area contributed by atoms with Gasteiger partial charge in [-0.25, -0.2) is 0 Å². The topological polar surface area (TPSA) is 61.9 Å². The summed E-state index contributed by atoms with van der Waals surface area (Å²) < 4.78 is 5.41. The summed E-state index contributed by atoms with van der Waals surface area (Å²) in [4.78, 5) is 28.0. The number of anilines is 1. The van der Waals surface area contributed by atoms with Gasteiger partial charge in [-0.15, -0.1) is 0 Å². The monoisotopic (exact) mass is 303 g/mol. The third kappa shape index (κ3) is 2.92. The van der Waals surface area contributed by atoms with Crippen molar-refractivity contribution in [3.8, 4) is 5.75 Å². The number of carbonyl (C=O) groups is 2. The van der Waals surface area contributed by atoms with Crippen LogP contribution in [-0.4, -0.2) is 55.5 Å². The number of ether oxygens (including phenoxy) is 1. The second-order valence-corrected chi connectivity index (χ2v) is 5.69. The lowest BCUT2D eigenvalue weighted by Crippen LogP contribution is -2.53. The summed E-state index contributed by atoms with van der Waals surface area (Å²) in [5, 5.41) is 3.27. The molecule has 118 valence electrons. The smallest absolute Gasteiger partial charge is 0.265 e. The SMILES string of the molecule is C[C@@H]1CNCCN1C(=O)CCN1C(=O)COc2ccccc21. The summed E-state index contributed by atoms with van der Waals surface area (Å²) in [5.74, 6) is 0.704. The average molecular weight is 303 g/mol. The van der Waals surface area contributed by atoms with Gasteiger partial charge in [-0.3, -0.25) is 9.59 Å². The molecule has 1 N–H and O–H groups in total. The number of fused-ring (bicyclic) bond motifs is 1. The van der Waals surface area contributed by atoms with Gasteiger partial charge in [-0.1, -0.05) is 12.1 Å². The summed E-state index contributed by atoms with van der Waals surface area (Å²) in [6.07, 6.45) is 0.338. The maximum Gasteiger partial charge on any atom is 0.265 e. The molecular weight excluding hydrogens is 282 g/mol. The van der Waals surface area contributed by atoms with Crippen molar-refractivity contribution in [2.75, 3.05) is 37.7 Å². The molecule has 1 saturated heterocycles. The molecule has 1 aromatic carbocycles. The Kier molecular flexibility index (Phi) is 4.29. The summed E-state index contributed by atoms with van der Waals surface area (Å²) in [7, 11) is 0. The zero-order valence-corrected chi connectivity index (χ0v) is 12.7. The summed E-state index contributed by atoms with van der Waals surface area (Å²) in [6, 6.07) is 7.64. The Balaban J connectivity index is 1.66. The van der Waals surface area contributed by atoms with Gasteiger partial charge in [0.15, 0.2) is 6.61 Å². The molecule has 0 radical (unpaired) electrons. The number of amides is 2. The predicted molar refractivity (Wildman–Crippen MR) is 83.0 cm³/mol. The van der Waals surface area contributed by atoms with Crippen LogP contribution >= 0.6 is 0 Å². The predicted octanol–water partition coefficient (Wildman–Crippen LogP) is 0.622. The Morgan fingerprint density at radius 3 is 3.05 bits per heavy atom. The number of para-hydroxylation sites is 2. The van der Waals surface area contributed by atoms with Gasteiger partial charge >= 0.3 is 0 Å². The highest BCUT2D eigenvalue weighted by molar-refractivity contribution is 5.98. The fraction of sp³-hybridized carbons (Fsp3) is 0.500. The van der Waals surface area contributed by atoms with Gasteiger partial charge in [0, 0.05) is 38.6 Å². The molecule has 6 nitrogen and oxygen atoms in total. The molecule has 0 aromatic heterocycles. The van der Waals surface area contributed by atoms with Gasteiger partial charge in [0.25, 0.3) is 5.91 Å². The molecule has 0 aliphatic carbocycles. The van der Waals surface area contributed by atoms with E-state index < -0.39 is 0 Å². The first-order valence-electron chi connectivity index (χ1n) is 7.69. The van der Waals surface area contributed by atoms with Crippen LogP contribution in [0, 0.1) is 0 Å². The fourth-order valence-corrected chi connectivity index (χ4v) is 2.96. The molecule has 1 fully saturated rings. The Morgan fingerprint density at radius 2 is 2.23 bits per heavy atom. The summed E-state index contributed by atoms with van der Waals surface area (Å²) in [5.41, 5.74) is 0.750. The first-order chi connectivity index (χ1) is 10.7. The zero-order valence-electron chi connectivity index (χ0n) is 12.7. The van der Waals surface area contributed by atoms with E-state index in [-0.39, 0.29) is 24.5 Å². The molecule has 0 bridgehead atoms. The van der Waals surface area contributed by atoms with Crippen LogP contribution < -0.4 is 15.0 Å². The van der Waals surface area contributed by atoms with E-state index in [4.69, 9.17) is 4.74 Å². The zero-order chi connectivity index (χ0) is 15.5. The standard InChI is InChI=1S/C16H21N3O3/c1-12-10-17-7-9-18(12)15(20)6-8-19-13-4-2-3-5-14(13)22-11-16(19)21/h2-5,12,17H,6-11H2,1H3/t12-/m1/s1. The van der Waals surface area contributed by atoms with Crippen molar-refractivity contribution in [2.45, 2.75) is 19.4 Å². The minimum atomic E-state index is -0.0974. The third-order valence-electron chi connectivity index (χ3n) is 4.18. The lowest BCUT2D eigenvalue weighted by Gasteiger charge is -2.35. The van der Waals surface area contributed by atoms with Crippen LogP contribution in [-0.2, 0) is 9.59 Å². The Bertz CT molecular complexity index is 576. The van der Waals surface area contributed by atoms with Crippen molar-refractivity contribution in [2.24, 2.45) is 0 Å². The van der Waals surface area contributed by atoms with Crippen LogP contribution in [0.15, 0.2) is 24.3 Å². The van der Waals surface area contributed by atoms with Crippen LogP contribution in [0.1, 0.15) is 13.3 Å². The van der Waals surface area contributed by atoms with Crippen LogP contribution in [0.3, 0.4) is 0 Å². The minimum Gasteiger partial charge on any atom is -0.482 e. The summed E-state index contributed by atoms with van der Waals surface area (Å²) in [6.45, 7) is 4.86. The molecule has 0 unspecified atom stereocenters. The average Bonchev–Trinajstić information content (AvgIpc) is 2.54. The van der Waals surface area contributed by atoms with Gasteiger partial charge in [-0.2, -0.15) is 0 Å². The normalized spacial score (nSPS) is 21.3. The van der Waals surface area contributed by atoms with E-state index >= 15 is 0 Å². The van der Waals surface area contributed by atoms with Gasteiger partial charge in [0.05, 0.1) is 5.69 Å². The van der Waals surface area contributed by atoms with E-state index in [0.29, 0.717) is 18.7 Å². The maximum atomic E-state index is 12.4. The lowest BCUT2D eigenvalue weighted by atomic mass is 10.2. The largest absolute Gasteiger partial charge is 0.482 e. The highest BCUT2D eigenvalue weighted by Gasteiger charge is 2.27. The molecule has 0 saturated carbocycles. The van der Waals surface area contributed by atoms with Gasteiger partial charge in [-0.05, 0) is 19.1 Å². The molecule has 2 aliphatic heterocycles.